The zero-order chi connectivity index (χ0) is 46.4. The van der Waals surface area contributed by atoms with E-state index < -0.39 is 27.0 Å². The molecule has 0 atom stereocenters. The van der Waals surface area contributed by atoms with Crippen molar-refractivity contribution in [1.29, 1.82) is 0 Å². The molecule has 64 heavy (non-hydrogen) atoms. The maximum absolute atomic E-state index is 13.0. The topological polar surface area (TPSA) is 107 Å². The molecule has 0 heterocycles. The number of carbonyl (C=O) groups excluding carboxylic acids is 2. The number of esters is 2. The van der Waals surface area contributed by atoms with Crippen LogP contribution in [0.25, 0.3) is 0 Å². The van der Waals surface area contributed by atoms with E-state index >= 15 is 0 Å². The largest absolute Gasteiger partial charge is 0.462 e. The molecule has 0 aliphatic heterocycles. The summed E-state index contributed by atoms with van der Waals surface area (Å²) in [6, 6.07) is 3.33. The zero-order valence-corrected chi connectivity index (χ0v) is 42.4. The average molecular weight is 915 g/mol. The Morgan fingerprint density at radius 2 is 0.656 bits per heavy atom. The van der Waals surface area contributed by atoms with Gasteiger partial charge in [-0.2, -0.15) is 8.42 Å². The maximum atomic E-state index is 13.0. The summed E-state index contributed by atoms with van der Waals surface area (Å²) < 4.78 is 44.2. The highest BCUT2D eigenvalue weighted by Crippen LogP contribution is 2.21. The van der Waals surface area contributed by atoms with Gasteiger partial charge in [0.15, 0.2) is 0 Å². The van der Waals surface area contributed by atoms with Gasteiger partial charge in [0, 0.05) is 0 Å². The Bertz CT molecular complexity index is 1400. The van der Waals surface area contributed by atoms with Gasteiger partial charge in [-0.3, -0.25) is 4.55 Å². The lowest BCUT2D eigenvalue weighted by molar-refractivity contribution is 0.0450. The lowest BCUT2D eigenvalue weighted by Gasteiger charge is -2.11. The summed E-state index contributed by atoms with van der Waals surface area (Å²) >= 11 is 0. The molecule has 0 saturated carbocycles. The fraction of sp³-hybridized carbons (Fsp3) is 0.786. The van der Waals surface area contributed by atoms with Crippen molar-refractivity contribution in [3.63, 3.8) is 0 Å². The predicted octanol–water partition coefficient (Wildman–Crippen LogP) is 18.0. The van der Waals surface area contributed by atoms with E-state index in [1.54, 1.807) is 0 Å². The second-order valence-electron chi connectivity index (χ2n) is 18.6. The first-order valence-corrected chi connectivity index (χ1v) is 28.4. The molecular formula is C56H98O7S. The first kappa shape index (κ1) is 59.6. The van der Waals surface area contributed by atoms with Crippen molar-refractivity contribution in [2.45, 2.75) is 276 Å². The second kappa shape index (κ2) is 44.4. The van der Waals surface area contributed by atoms with Gasteiger partial charge < -0.3 is 9.47 Å². The summed E-state index contributed by atoms with van der Waals surface area (Å²) in [6.45, 7) is 4.61. The highest BCUT2D eigenvalue weighted by atomic mass is 32.2. The predicted molar refractivity (Wildman–Crippen MR) is 271 cm³/mol. The summed E-state index contributed by atoms with van der Waals surface area (Å²) in [5, 5.41) is 0. The van der Waals surface area contributed by atoms with Crippen molar-refractivity contribution >= 4 is 22.1 Å². The molecular weight excluding hydrogens is 817 g/mol. The average Bonchev–Trinajstić information content (AvgIpc) is 3.28. The quantitative estimate of drug-likeness (QED) is 0.0300. The van der Waals surface area contributed by atoms with Crippen LogP contribution in [-0.2, 0) is 19.6 Å². The van der Waals surface area contributed by atoms with Gasteiger partial charge in [0.05, 0.1) is 29.2 Å². The van der Waals surface area contributed by atoms with Gasteiger partial charge in [0.1, 0.15) is 0 Å². The molecule has 0 bridgehead atoms. The highest BCUT2D eigenvalue weighted by molar-refractivity contribution is 7.85. The number of rotatable bonds is 47. The normalized spacial score (nSPS) is 11.9. The first-order valence-electron chi connectivity index (χ1n) is 27.0. The summed E-state index contributed by atoms with van der Waals surface area (Å²) in [7, 11) is -4.57. The van der Waals surface area contributed by atoms with Gasteiger partial charge in [-0.05, 0) is 70.6 Å². The Morgan fingerprint density at radius 1 is 0.406 bits per heavy atom. The van der Waals surface area contributed by atoms with Crippen LogP contribution in [0.15, 0.2) is 47.4 Å². The third kappa shape index (κ3) is 36.7. The van der Waals surface area contributed by atoms with Crippen molar-refractivity contribution in [3.8, 4) is 0 Å². The standard InChI is InChI=1S/C56H98O7S/c1-3-5-7-9-11-13-15-17-19-21-23-25-27-29-31-33-35-37-39-41-43-45-49-62-55(57)53-48-47-52(64(59,60)61)51-54(53)56(58)63-50-46-44-42-40-38-36-34-32-30-28-26-24-22-20-18-16-14-12-10-8-6-4-2/h3-6,47-48,51H,7-46,49-50H2,1-2H3,(H,59,60,61)/b5-3+,6-4+. The minimum atomic E-state index is -4.57. The molecule has 0 fully saturated rings. The fourth-order valence-corrected chi connectivity index (χ4v) is 9.09. The van der Waals surface area contributed by atoms with Crippen LogP contribution in [0.4, 0.5) is 0 Å². The van der Waals surface area contributed by atoms with Crippen LogP contribution in [0.5, 0.6) is 0 Å². The van der Waals surface area contributed by atoms with Crippen molar-refractivity contribution < 1.29 is 32.0 Å². The zero-order valence-electron chi connectivity index (χ0n) is 41.5. The molecule has 1 N–H and O–H groups in total. The Balaban J connectivity index is 2.08. The van der Waals surface area contributed by atoms with E-state index in [9.17, 15) is 22.6 Å². The Morgan fingerprint density at radius 3 is 0.922 bits per heavy atom. The minimum absolute atomic E-state index is 0.0536. The molecule has 1 rings (SSSR count). The van der Waals surface area contributed by atoms with Gasteiger partial charge in [-0.25, -0.2) is 9.59 Å². The van der Waals surface area contributed by atoms with E-state index in [4.69, 9.17) is 9.47 Å². The number of hydrogen-bond donors (Lipinski definition) is 1. The van der Waals surface area contributed by atoms with E-state index in [0.29, 0.717) is 6.42 Å². The van der Waals surface area contributed by atoms with Crippen molar-refractivity contribution in [3.05, 3.63) is 53.6 Å². The van der Waals surface area contributed by atoms with Crippen LogP contribution >= 0.6 is 0 Å². The molecule has 0 aromatic heterocycles. The Kier molecular flexibility index (Phi) is 41.3. The van der Waals surface area contributed by atoms with Crippen LogP contribution in [0.1, 0.15) is 291 Å². The van der Waals surface area contributed by atoms with Crippen LogP contribution < -0.4 is 0 Å². The lowest BCUT2D eigenvalue weighted by atomic mass is 10.0. The fourth-order valence-electron chi connectivity index (χ4n) is 8.59. The van der Waals surface area contributed by atoms with E-state index in [2.05, 4.69) is 38.2 Å². The second-order valence-corrected chi connectivity index (χ2v) is 20.0. The summed E-state index contributed by atoms with van der Waals surface area (Å²) in [5.41, 5.74) is -0.258. The highest BCUT2D eigenvalue weighted by Gasteiger charge is 2.23. The van der Waals surface area contributed by atoms with Crippen LogP contribution in [0.2, 0.25) is 0 Å². The molecule has 370 valence electrons. The minimum Gasteiger partial charge on any atom is -0.462 e. The van der Waals surface area contributed by atoms with Crippen molar-refractivity contribution in [1.82, 2.24) is 0 Å². The molecule has 0 radical (unpaired) electrons. The maximum Gasteiger partial charge on any atom is 0.339 e. The monoisotopic (exact) mass is 915 g/mol. The van der Waals surface area contributed by atoms with Crippen LogP contribution in [0, 0.1) is 0 Å². The van der Waals surface area contributed by atoms with E-state index in [0.717, 1.165) is 50.7 Å². The number of unbranched alkanes of at least 4 members (excludes halogenated alkanes) is 38. The third-order valence-electron chi connectivity index (χ3n) is 12.7. The Hall–Kier alpha value is -2.45. The number of ether oxygens (including phenoxy) is 2. The molecule has 8 heteroatoms. The number of hydrogen-bond acceptors (Lipinski definition) is 6. The molecule has 0 aliphatic carbocycles. The molecule has 0 unspecified atom stereocenters. The van der Waals surface area contributed by atoms with E-state index in [-0.39, 0.29) is 24.3 Å². The van der Waals surface area contributed by atoms with Gasteiger partial charge in [0.2, 0.25) is 0 Å². The first-order chi connectivity index (χ1) is 31.3. The number of carbonyl (C=O) groups is 2. The van der Waals surface area contributed by atoms with E-state index in [1.165, 1.54) is 218 Å². The van der Waals surface area contributed by atoms with Gasteiger partial charge >= 0.3 is 11.9 Å². The smallest absolute Gasteiger partial charge is 0.339 e. The molecule has 0 spiro atoms. The van der Waals surface area contributed by atoms with E-state index in [1.807, 2.05) is 0 Å². The lowest BCUT2D eigenvalue weighted by Crippen LogP contribution is -2.16. The van der Waals surface area contributed by atoms with Gasteiger partial charge in [-0.1, -0.05) is 243 Å². The molecule has 1 aromatic rings. The summed E-state index contributed by atoms with van der Waals surface area (Å²) in [4.78, 5) is 25.6. The molecule has 7 nitrogen and oxygen atoms in total. The molecule has 0 amide bonds. The Labute approximate surface area is 394 Å². The van der Waals surface area contributed by atoms with Crippen molar-refractivity contribution in [2.75, 3.05) is 13.2 Å². The van der Waals surface area contributed by atoms with Crippen LogP contribution in [0.3, 0.4) is 0 Å². The van der Waals surface area contributed by atoms with Gasteiger partial charge in [-0.15, -0.1) is 0 Å². The SMILES string of the molecule is C/C=C/CCCCCCCCCCCCCCCCCCCCCOC(=O)c1ccc(S(=O)(=O)O)cc1C(=O)OCCCCCCCCCCCCCCCCCCCCC/C=C/C. The molecule has 1 aromatic carbocycles. The molecule has 0 aliphatic rings. The summed E-state index contributed by atoms with van der Waals surface area (Å²) in [6.07, 6.45) is 59.9. The molecule has 0 saturated heterocycles. The van der Waals surface area contributed by atoms with Crippen LogP contribution in [-0.4, -0.2) is 38.1 Å². The van der Waals surface area contributed by atoms with Crippen molar-refractivity contribution in [2.24, 2.45) is 0 Å². The number of allylic oxidation sites excluding steroid dienone is 4. The number of benzene rings is 1. The van der Waals surface area contributed by atoms with Gasteiger partial charge in [0.25, 0.3) is 10.1 Å². The third-order valence-corrected chi connectivity index (χ3v) is 13.5. The summed E-state index contributed by atoms with van der Waals surface area (Å²) in [5.74, 6) is -1.49.